The minimum Gasteiger partial charge on any atom is -0.312 e. The molecule has 2 nitrogen and oxygen atoms in total. The first-order chi connectivity index (χ1) is 10.5. The standard InChI is InChI=1S/C16H11BrF3NO/c17-13-3-2-10(8-15(13)20)21-6-5-11(16(21)22)12-7-9(18)1-4-14(12)19/h1-4,7-8,11H,5-6H2. The van der Waals surface area contributed by atoms with Crippen molar-refractivity contribution in [3.63, 3.8) is 0 Å². The van der Waals surface area contributed by atoms with Crippen LogP contribution in [0.1, 0.15) is 17.9 Å². The molecule has 1 amide bonds. The molecular weight excluding hydrogens is 359 g/mol. The van der Waals surface area contributed by atoms with Crippen molar-refractivity contribution in [3.8, 4) is 0 Å². The van der Waals surface area contributed by atoms with Gasteiger partial charge in [0.1, 0.15) is 17.5 Å². The molecule has 1 fully saturated rings. The third kappa shape index (κ3) is 2.63. The van der Waals surface area contributed by atoms with Crippen LogP contribution in [0.4, 0.5) is 18.9 Å². The summed E-state index contributed by atoms with van der Waals surface area (Å²) in [4.78, 5) is 13.9. The van der Waals surface area contributed by atoms with E-state index in [0.717, 1.165) is 18.2 Å². The Balaban J connectivity index is 1.91. The lowest BCUT2D eigenvalue weighted by atomic mass is 9.97. The van der Waals surface area contributed by atoms with Gasteiger partial charge in [-0.3, -0.25) is 4.79 Å². The molecule has 1 aliphatic rings. The zero-order valence-corrected chi connectivity index (χ0v) is 12.9. The highest BCUT2D eigenvalue weighted by molar-refractivity contribution is 9.10. The van der Waals surface area contributed by atoms with E-state index in [2.05, 4.69) is 15.9 Å². The summed E-state index contributed by atoms with van der Waals surface area (Å²) in [6, 6.07) is 7.43. The number of nitrogens with zero attached hydrogens (tertiary/aromatic N) is 1. The largest absolute Gasteiger partial charge is 0.312 e. The summed E-state index contributed by atoms with van der Waals surface area (Å²) in [5.74, 6) is -2.78. The Kier molecular flexibility index (Phi) is 3.95. The highest BCUT2D eigenvalue weighted by atomic mass is 79.9. The predicted molar refractivity (Wildman–Crippen MR) is 80.2 cm³/mol. The van der Waals surface area contributed by atoms with Gasteiger partial charge in [0.15, 0.2) is 0 Å². The van der Waals surface area contributed by atoms with Crippen molar-refractivity contribution in [1.82, 2.24) is 0 Å². The summed E-state index contributed by atoms with van der Waals surface area (Å²) in [6.45, 7) is 0.334. The SMILES string of the molecule is O=C1C(c2cc(F)ccc2F)CCN1c1ccc(Br)c(F)c1. The minimum atomic E-state index is -0.748. The molecule has 6 heteroatoms. The summed E-state index contributed by atoms with van der Waals surface area (Å²) >= 11 is 3.05. The number of halogens is 4. The summed E-state index contributed by atoms with van der Waals surface area (Å²) < 4.78 is 41.0. The third-order valence-corrected chi connectivity index (χ3v) is 4.40. The fourth-order valence-corrected chi connectivity index (χ4v) is 2.91. The van der Waals surface area contributed by atoms with Crippen molar-refractivity contribution in [2.75, 3.05) is 11.4 Å². The molecule has 2 aromatic carbocycles. The molecule has 114 valence electrons. The van der Waals surface area contributed by atoms with Gasteiger partial charge in [0.05, 0.1) is 10.4 Å². The van der Waals surface area contributed by atoms with Crippen molar-refractivity contribution in [2.24, 2.45) is 0 Å². The van der Waals surface area contributed by atoms with E-state index >= 15 is 0 Å². The second-order valence-electron chi connectivity index (χ2n) is 5.10. The number of anilines is 1. The van der Waals surface area contributed by atoms with Crippen LogP contribution in [-0.4, -0.2) is 12.5 Å². The first-order valence-corrected chi connectivity index (χ1v) is 7.48. The molecule has 0 N–H and O–H groups in total. The van der Waals surface area contributed by atoms with Crippen LogP contribution in [0.3, 0.4) is 0 Å². The quantitative estimate of drug-likeness (QED) is 0.768. The molecule has 2 aromatic rings. The zero-order chi connectivity index (χ0) is 15.9. The van der Waals surface area contributed by atoms with Gasteiger partial charge in [-0.05, 0) is 58.7 Å². The van der Waals surface area contributed by atoms with E-state index in [4.69, 9.17) is 0 Å². The number of hydrogen-bond donors (Lipinski definition) is 0. The number of hydrogen-bond acceptors (Lipinski definition) is 1. The molecule has 0 spiro atoms. The Labute approximate surface area is 133 Å². The molecule has 0 radical (unpaired) electrons. The Hall–Kier alpha value is -1.82. The van der Waals surface area contributed by atoms with Crippen molar-refractivity contribution >= 4 is 27.5 Å². The summed E-state index contributed by atoms with van der Waals surface area (Å²) in [6.07, 6.45) is 0.358. The first kappa shape index (κ1) is 15.1. The van der Waals surface area contributed by atoms with Crippen molar-refractivity contribution in [1.29, 1.82) is 0 Å². The van der Waals surface area contributed by atoms with Gasteiger partial charge in [-0.15, -0.1) is 0 Å². The molecule has 0 saturated carbocycles. The minimum absolute atomic E-state index is 0.0464. The van der Waals surface area contributed by atoms with Gasteiger partial charge in [0, 0.05) is 17.8 Å². The van der Waals surface area contributed by atoms with E-state index in [1.807, 2.05) is 0 Å². The van der Waals surface area contributed by atoms with Crippen LogP contribution >= 0.6 is 15.9 Å². The van der Waals surface area contributed by atoms with Crippen molar-refractivity contribution in [3.05, 3.63) is 63.9 Å². The summed E-state index contributed by atoms with van der Waals surface area (Å²) in [7, 11) is 0. The molecule has 0 aromatic heterocycles. The Morgan fingerprint density at radius 1 is 1.05 bits per heavy atom. The smallest absolute Gasteiger partial charge is 0.234 e. The van der Waals surface area contributed by atoms with Gasteiger partial charge in [-0.2, -0.15) is 0 Å². The Morgan fingerprint density at radius 2 is 1.82 bits per heavy atom. The molecule has 1 heterocycles. The first-order valence-electron chi connectivity index (χ1n) is 6.69. The topological polar surface area (TPSA) is 20.3 Å². The van der Waals surface area contributed by atoms with Crippen LogP contribution in [0, 0.1) is 17.5 Å². The van der Waals surface area contributed by atoms with Gasteiger partial charge in [-0.25, -0.2) is 13.2 Å². The molecule has 0 aliphatic carbocycles. The molecule has 1 saturated heterocycles. The van der Waals surface area contributed by atoms with E-state index in [1.54, 1.807) is 6.07 Å². The van der Waals surface area contributed by atoms with Gasteiger partial charge in [0.2, 0.25) is 5.91 Å². The van der Waals surface area contributed by atoms with Gasteiger partial charge in [-0.1, -0.05) is 0 Å². The number of carbonyl (C=O) groups is 1. The summed E-state index contributed by atoms with van der Waals surface area (Å²) in [5.41, 5.74) is 0.454. The van der Waals surface area contributed by atoms with E-state index in [-0.39, 0.29) is 11.5 Å². The van der Waals surface area contributed by atoms with Gasteiger partial charge < -0.3 is 4.90 Å². The van der Waals surface area contributed by atoms with Crippen LogP contribution in [0.15, 0.2) is 40.9 Å². The molecular formula is C16H11BrF3NO. The van der Waals surface area contributed by atoms with Crippen molar-refractivity contribution < 1.29 is 18.0 Å². The lowest BCUT2D eigenvalue weighted by Crippen LogP contribution is -2.26. The van der Waals surface area contributed by atoms with Crippen LogP contribution in [-0.2, 0) is 4.79 Å². The van der Waals surface area contributed by atoms with E-state index < -0.39 is 23.4 Å². The van der Waals surface area contributed by atoms with Crippen LogP contribution < -0.4 is 4.90 Å². The Morgan fingerprint density at radius 3 is 2.55 bits per heavy atom. The van der Waals surface area contributed by atoms with Crippen LogP contribution in [0.2, 0.25) is 0 Å². The maximum atomic E-state index is 13.8. The van der Waals surface area contributed by atoms with Crippen LogP contribution in [0.25, 0.3) is 0 Å². The second-order valence-corrected chi connectivity index (χ2v) is 5.95. The van der Waals surface area contributed by atoms with E-state index in [9.17, 15) is 18.0 Å². The molecule has 1 atom stereocenters. The van der Waals surface area contributed by atoms with Crippen LogP contribution in [0.5, 0.6) is 0 Å². The van der Waals surface area contributed by atoms with E-state index in [1.165, 1.54) is 17.0 Å². The summed E-state index contributed by atoms with van der Waals surface area (Å²) in [5, 5.41) is 0. The molecule has 0 bridgehead atoms. The fourth-order valence-electron chi connectivity index (χ4n) is 2.66. The number of rotatable bonds is 2. The zero-order valence-electron chi connectivity index (χ0n) is 11.3. The third-order valence-electron chi connectivity index (χ3n) is 3.75. The van der Waals surface area contributed by atoms with Gasteiger partial charge in [0.25, 0.3) is 0 Å². The number of amides is 1. The van der Waals surface area contributed by atoms with Crippen molar-refractivity contribution in [2.45, 2.75) is 12.3 Å². The normalized spacial score (nSPS) is 18.1. The monoisotopic (exact) mass is 369 g/mol. The molecule has 1 unspecified atom stereocenters. The lowest BCUT2D eigenvalue weighted by molar-refractivity contribution is -0.118. The molecule has 1 aliphatic heterocycles. The average molecular weight is 370 g/mol. The second kappa shape index (κ2) is 5.76. The fraction of sp³-hybridized carbons (Fsp3) is 0.188. The number of benzene rings is 2. The lowest BCUT2D eigenvalue weighted by Gasteiger charge is -2.17. The maximum Gasteiger partial charge on any atom is 0.234 e. The number of carbonyl (C=O) groups excluding carboxylic acids is 1. The average Bonchev–Trinajstić information content (AvgIpc) is 2.86. The molecule has 22 heavy (non-hydrogen) atoms. The van der Waals surface area contributed by atoms with Gasteiger partial charge >= 0.3 is 0 Å². The maximum absolute atomic E-state index is 13.8. The predicted octanol–water partition coefficient (Wildman–Crippen LogP) is 4.39. The van der Waals surface area contributed by atoms with E-state index in [0.29, 0.717) is 23.1 Å². The highest BCUT2D eigenvalue weighted by Crippen LogP contribution is 2.34. The highest BCUT2D eigenvalue weighted by Gasteiger charge is 2.35. The molecule has 3 rings (SSSR count). The Bertz CT molecular complexity index is 750.